The number of nitrogens with zero attached hydrogens (tertiary/aromatic N) is 1. The summed E-state index contributed by atoms with van der Waals surface area (Å²) in [5, 5.41) is 7.36. The Bertz CT molecular complexity index is 566. The highest BCUT2D eigenvalue weighted by molar-refractivity contribution is 9.10. The minimum absolute atomic E-state index is 0.283. The van der Waals surface area contributed by atoms with Gasteiger partial charge in [0.15, 0.2) is 5.76 Å². The molecule has 3 rings (SSSR count). The summed E-state index contributed by atoms with van der Waals surface area (Å²) in [6.07, 6.45) is 2.49. The number of halogens is 2. The molecule has 0 amide bonds. The van der Waals surface area contributed by atoms with Gasteiger partial charge in [0.2, 0.25) is 0 Å². The van der Waals surface area contributed by atoms with E-state index in [4.69, 9.17) is 4.52 Å². The molecule has 0 radical (unpaired) electrons. The lowest BCUT2D eigenvalue weighted by molar-refractivity contribution is 0.420. The van der Waals surface area contributed by atoms with Crippen LogP contribution in [-0.4, -0.2) is 11.2 Å². The summed E-state index contributed by atoms with van der Waals surface area (Å²) in [5.74, 6) is 0.372. The van der Waals surface area contributed by atoms with E-state index in [0.29, 0.717) is 16.3 Å². The topological polar surface area (TPSA) is 38.1 Å². The van der Waals surface area contributed by atoms with Crippen LogP contribution in [0.2, 0.25) is 0 Å². The maximum atomic E-state index is 13.1. The van der Waals surface area contributed by atoms with Gasteiger partial charge in [-0.05, 0) is 47.0 Å². The summed E-state index contributed by atoms with van der Waals surface area (Å²) >= 11 is 3.16. The molecule has 0 spiro atoms. The van der Waals surface area contributed by atoms with E-state index in [1.165, 1.54) is 18.9 Å². The first kappa shape index (κ1) is 11.9. The van der Waals surface area contributed by atoms with Crippen LogP contribution in [0.25, 0.3) is 11.3 Å². The molecule has 18 heavy (non-hydrogen) atoms. The molecule has 1 aliphatic carbocycles. The van der Waals surface area contributed by atoms with Crippen molar-refractivity contribution >= 4 is 15.9 Å². The quantitative estimate of drug-likeness (QED) is 0.939. The molecule has 3 nitrogen and oxygen atoms in total. The monoisotopic (exact) mass is 310 g/mol. The predicted molar refractivity (Wildman–Crippen MR) is 69.5 cm³/mol. The highest BCUT2D eigenvalue weighted by Crippen LogP contribution is 2.26. The van der Waals surface area contributed by atoms with Crippen molar-refractivity contribution in [3.8, 4) is 11.3 Å². The molecule has 2 aromatic rings. The Labute approximate surface area is 112 Å². The van der Waals surface area contributed by atoms with Crippen LogP contribution in [0.3, 0.4) is 0 Å². The van der Waals surface area contributed by atoms with Crippen molar-refractivity contribution in [3.05, 3.63) is 40.2 Å². The average molecular weight is 311 g/mol. The molecule has 0 unspecified atom stereocenters. The lowest BCUT2D eigenvalue weighted by Gasteiger charge is -1.97. The summed E-state index contributed by atoms with van der Waals surface area (Å²) in [6, 6.07) is 7.30. The predicted octanol–water partition coefficient (Wildman–Crippen LogP) is 3.50. The summed E-state index contributed by atoms with van der Waals surface area (Å²) in [6.45, 7) is 0.719. The molecule has 1 aliphatic rings. The van der Waals surface area contributed by atoms with Crippen molar-refractivity contribution in [2.75, 3.05) is 0 Å². The van der Waals surface area contributed by atoms with E-state index in [2.05, 4.69) is 26.4 Å². The molecule has 0 aliphatic heterocycles. The number of hydrogen-bond acceptors (Lipinski definition) is 3. The van der Waals surface area contributed by atoms with Gasteiger partial charge in [0, 0.05) is 24.2 Å². The Kier molecular flexibility index (Phi) is 3.18. The number of hydrogen-bond donors (Lipinski definition) is 1. The Hall–Kier alpha value is -1.20. The lowest BCUT2D eigenvalue weighted by atomic mass is 10.1. The van der Waals surface area contributed by atoms with Crippen molar-refractivity contribution in [2.24, 2.45) is 0 Å². The smallest absolute Gasteiger partial charge is 0.167 e. The largest absolute Gasteiger partial charge is 0.356 e. The standard InChI is InChI=1S/C13H12BrFN2O/c14-11-5-8(1-4-12(11)15)13-6-10(17-18-13)7-16-9-2-3-9/h1,4-6,9,16H,2-3,7H2. The van der Waals surface area contributed by atoms with Crippen LogP contribution >= 0.6 is 15.9 Å². The van der Waals surface area contributed by atoms with Gasteiger partial charge in [-0.1, -0.05) is 5.16 Å². The maximum absolute atomic E-state index is 13.1. The third-order valence-corrected chi connectivity index (χ3v) is 3.52. The van der Waals surface area contributed by atoms with Crippen molar-refractivity contribution in [1.82, 2.24) is 10.5 Å². The zero-order valence-corrected chi connectivity index (χ0v) is 11.2. The molecule has 0 saturated heterocycles. The number of benzene rings is 1. The lowest BCUT2D eigenvalue weighted by Crippen LogP contribution is -2.15. The highest BCUT2D eigenvalue weighted by Gasteiger charge is 2.20. The van der Waals surface area contributed by atoms with Gasteiger partial charge in [0.25, 0.3) is 0 Å². The van der Waals surface area contributed by atoms with Gasteiger partial charge >= 0.3 is 0 Å². The van der Waals surface area contributed by atoms with Crippen molar-refractivity contribution in [3.63, 3.8) is 0 Å². The van der Waals surface area contributed by atoms with E-state index in [9.17, 15) is 4.39 Å². The van der Waals surface area contributed by atoms with Crippen LogP contribution in [0.5, 0.6) is 0 Å². The van der Waals surface area contributed by atoms with Crippen LogP contribution in [0.15, 0.2) is 33.3 Å². The molecule has 1 fully saturated rings. The van der Waals surface area contributed by atoms with Gasteiger partial charge in [0.1, 0.15) is 5.82 Å². The van der Waals surface area contributed by atoms with Crippen LogP contribution in [-0.2, 0) is 6.54 Å². The van der Waals surface area contributed by atoms with Crippen molar-refractivity contribution in [2.45, 2.75) is 25.4 Å². The highest BCUT2D eigenvalue weighted by atomic mass is 79.9. The van der Waals surface area contributed by atoms with Crippen molar-refractivity contribution in [1.29, 1.82) is 0 Å². The summed E-state index contributed by atoms with van der Waals surface area (Å²) < 4.78 is 18.8. The molecule has 1 aromatic heterocycles. The molecule has 0 atom stereocenters. The average Bonchev–Trinajstić information content (AvgIpc) is 3.08. The van der Waals surface area contributed by atoms with Gasteiger partial charge in [0.05, 0.1) is 10.2 Å². The molecular weight excluding hydrogens is 299 g/mol. The van der Waals surface area contributed by atoms with E-state index in [0.717, 1.165) is 17.8 Å². The first-order chi connectivity index (χ1) is 8.72. The SMILES string of the molecule is Fc1ccc(-c2cc(CNC3CC3)no2)cc1Br. The van der Waals surface area contributed by atoms with Gasteiger partial charge in [-0.3, -0.25) is 0 Å². The Morgan fingerprint density at radius 3 is 2.94 bits per heavy atom. The van der Waals surface area contributed by atoms with Crippen LogP contribution in [0, 0.1) is 5.82 Å². The second-order valence-electron chi connectivity index (χ2n) is 4.47. The molecule has 1 N–H and O–H groups in total. The van der Waals surface area contributed by atoms with Gasteiger partial charge in [-0.25, -0.2) is 4.39 Å². The zero-order valence-electron chi connectivity index (χ0n) is 9.62. The van der Waals surface area contributed by atoms with E-state index in [1.807, 2.05) is 6.07 Å². The third kappa shape index (κ3) is 2.62. The maximum Gasteiger partial charge on any atom is 0.167 e. The van der Waals surface area contributed by atoms with E-state index < -0.39 is 0 Å². The fraction of sp³-hybridized carbons (Fsp3) is 0.308. The van der Waals surface area contributed by atoms with Gasteiger partial charge in [-0.2, -0.15) is 0 Å². The number of aromatic nitrogens is 1. The zero-order chi connectivity index (χ0) is 12.5. The number of nitrogens with one attached hydrogen (secondary N) is 1. The molecule has 1 aromatic carbocycles. The molecule has 94 valence electrons. The number of rotatable bonds is 4. The first-order valence-electron chi connectivity index (χ1n) is 5.87. The Morgan fingerprint density at radius 2 is 2.22 bits per heavy atom. The fourth-order valence-electron chi connectivity index (χ4n) is 1.72. The molecular formula is C13H12BrFN2O. The van der Waals surface area contributed by atoms with Gasteiger partial charge in [-0.15, -0.1) is 0 Å². The molecule has 5 heteroatoms. The summed E-state index contributed by atoms with van der Waals surface area (Å²) in [5.41, 5.74) is 1.69. The van der Waals surface area contributed by atoms with E-state index in [-0.39, 0.29) is 5.82 Å². The Morgan fingerprint density at radius 1 is 1.39 bits per heavy atom. The normalized spacial score (nSPS) is 15.0. The van der Waals surface area contributed by atoms with Crippen LogP contribution < -0.4 is 5.32 Å². The molecule has 1 saturated carbocycles. The van der Waals surface area contributed by atoms with E-state index >= 15 is 0 Å². The fourth-order valence-corrected chi connectivity index (χ4v) is 2.10. The van der Waals surface area contributed by atoms with Crippen molar-refractivity contribution < 1.29 is 8.91 Å². The second-order valence-corrected chi connectivity index (χ2v) is 5.32. The third-order valence-electron chi connectivity index (χ3n) is 2.91. The first-order valence-corrected chi connectivity index (χ1v) is 6.66. The summed E-state index contributed by atoms with van der Waals surface area (Å²) in [7, 11) is 0. The van der Waals surface area contributed by atoms with Crippen LogP contribution in [0.4, 0.5) is 4.39 Å². The van der Waals surface area contributed by atoms with E-state index in [1.54, 1.807) is 12.1 Å². The minimum Gasteiger partial charge on any atom is -0.356 e. The summed E-state index contributed by atoms with van der Waals surface area (Å²) in [4.78, 5) is 0. The van der Waals surface area contributed by atoms with Gasteiger partial charge < -0.3 is 9.84 Å². The second kappa shape index (κ2) is 4.82. The minimum atomic E-state index is -0.283. The van der Waals surface area contributed by atoms with Crippen LogP contribution in [0.1, 0.15) is 18.5 Å². The molecule has 1 heterocycles. The Balaban J connectivity index is 1.76. The molecule has 0 bridgehead atoms.